The number of amides is 1. The van der Waals surface area contributed by atoms with Gasteiger partial charge in [-0.15, -0.1) is 11.8 Å². The summed E-state index contributed by atoms with van der Waals surface area (Å²) < 4.78 is 5.61. The molecule has 0 radical (unpaired) electrons. The van der Waals surface area contributed by atoms with E-state index in [0.29, 0.717) is 23.9 Å². The summed E-state index contributed by atoms with van der Waals surface area (Å²) in [6.07, 6.45) is 0.804. The number of hydrogen-bond donors (Lipinski definition) is 0. The molecular formula is C19H19ClN2O2S. The highest BCUT2D eigenvalue weighted by Gasteiger charge is 2.21. The zero-order valence-electron chi connectivity index (χ0n) is 13.7. The van der Waals surface area contributed by atoms with Crippen LogP contribution in [0.2, 0.25) is 5.02 Å². The number of thioether (sulfide) groups is 1. The van der Waals surface area contributed by atoms with Crippen molar-refractivity contribution in [2.45, 2.75) is 6.42 Å². The number of rotatable bonds is 7. The SMILES string of the molecule is O=C(CSCCOc1cccc(Cl)c1)N1CCC(c2ccccc2)=N1. The fourth-order valence-corrected chi connectivity index (χ4v) is 3.33. The third kappa shape index (κ3) is 5.25. The lowest BCUT2D eigenvalue weighted by Crippen LogP contribution is -2.25. The third-order valence-electron chi connectivity index (χ3n) is 3.71. The summed E-state index contributed by atoms with van der Waals surface area (Å²) in [6, 6.07) is 17.3. The van der Waals surface area contributed by atoms with Gasteiger partial charge < -0.3 is 4.74 Å². The Kier molecular flexibility index (Phi) is 6.36. The van der Waals surface area contributed by atoms with Gasteiger partial charge in [-0.25, -0.2) is 5.01 Å². The largest absolute Gasteiger partial charge is 0.493 e. The molecular weight excluding hydrogens is 356 g/mol. The molecule has 1 aliphatic rings. The number of carbonyl (C=O) groups excluding carboxylic acids is 1. The second-order valence-corrected chi connectivity index (χ2v) is 7.08. The minimum absolute atomic E-state index is 0.0405. The van der Waals surface area contributed by atoms with Crippen LogP contribution in [-0.4, -0.2) is 41.3 Å². The van der Waals surface area contributed by atoms with Crippen molar-refractivity contribution in [3.05, 3.63) is 65.2 Å². The lowest BCUT2D eigenvalue weighted by molar-refractivity contribution is -0.127. The first-order valence-electron chi connectivity index (χ1n) is 8.12. The van der Waals surface area contributed by atoms with Crippen LogP contribution in [0.15, 0.2) is 59.7 Å². The van der Waals surface area contributed by atoms with Gasteiger partial charge in [-0.2, -0.15) is 5.10 Å². The summed E-state index contributed by atoms with van der Waals surface area (Å²) in [5, 5.41) is 6.69. The number of ether oxygens (including phenoxy) is 1. The number of hydrogen-bond acceptors (Lipinski definition) is 4. The first-order chi connectivity index (χ1) is 12.2. The van der Waals surface area contributed by atoms with Crippen LogP contribution in [-0.2, 0) is 4.79 Å². The van der Waals surface area contributed by atoms with E-state index in [-0.39, 0.29) is 5.91 Å². The summed E-state index contributed by atoms with van der Waals surface area (Å²) >= 11 is 7.46. The van der Waals surface area contributed by atoms with E-state index in [0.717, 1.165) is 29.2 Å². The minimum Gasteiger partial charge on any atom is -0.493 e. The van der Waals surface area contributed by atoms with Gasteiger partial charge in [0.2, 0.25) is 0 Å². The van der Waals surface area contributed by atoms with Gasteiger partial charge in [0.25, 0.3) is 5.91 Å². The molecule has 1 heterocycles. The smallest absolute Gasteiger partial charge is 0.252 e. The van der Waals surface area contributed by atoms with Gasteiger partial charge >= 0.3 is 0 Å². The van der Waals surface area contributed by atoms with Gasteiger partial charge in [0, 0.05) is 17.2 Å². The lowest BCUT2D eigenvalue weighted by atomic mass is 10.1. The summed E-state index contributed by atoms with van der Waals surface area (Å²) in [4.78, 5) is 12.2. The molecule has 0 unspecified atom stereocenters. The third-order valence-corrected chi connectivity index (χ3v) is 4.86. The molecule has 25 heavy (non-hydrogen) atoms. The summed E-state index contributed by atoms with van der Waals surface area (Å²) in [7, 11) is 0. The molecule has 3 rings (SSSR count). The molecule has 0 saturated heterocycles. The summed E-state index contributed by atoms with van der Waals surface area (Å²) in [6.45, 7) is 1.19. The van der Waals surface area contributed by atoms with Crippen molar-refractivity contribution >= 4 is 35.0 Å². The van der Waals surface area contributed by atoms with Crippen molar-refractivity contribution in [3.63, 3.8) is 0 Å². The molecule has 4 nitrogen and oxygen atoms in total. The van der Waals surface area contributed by atoms with Gasteiger partial charge in [-0.1, -0.05) is 48.0 Å². The molecule has 0 saturated carbocycles. The van der Waals surface area contributed by atoms with E-state index in [2.05, 4.69) is 5.10 Å². The second kappa shape index (κ2) is 8.92. The molecule has 0 bridgehead atoms. The highest BCUT2D eigenvalue weighted by atomic mass is 35.5. The maximum Gasteiger partial charge on any atom is 0.252 e. The van der Waals surface area contributed by atoms with Gasteiger partial charge in [-0.05, 0) is 23.8 Å². The highest BCUT2D eigenvalue weighted by Crippen LogP contribution is 2.18. The van der Waals surface area contributed by atoms with Crippen LogP contribution in [0.5, 0.6) is 5.75 Å². The molecule has 0 fully saturated rings. The zero-order valence-corrected chi connectivity index (χ0v) is 15.3. The van der Waals surface area contributed by atoms with Crippen LogP contribution in [0, 0.1) is 0 Å². The molecule has 1 aliphatic heterocycles. The number of hydrazone groups is 1. The fraction of sp³-hybridized carbons (Fsp3) is 0.263. The highest BCUT2D eigenvalue weighted by molar-refractivity contribution is 7.99. The van der Waals surface area contributed by atoms with E-state index in [1.807, 2.05) is 48.5 Å². The normalized spacial score (nSPS) is 13.6. The Morgan fingerprint density at radius 3 is 2.84 bits per heavy atom. The van der Waals surface area contributed by atoms with Crippen LogP contribution < -0.4 is 4.74 Å². The Bertz CT molecular complexity index is 752. The van der Waals surface area contributed by atoms with Crippen molar-refractivity contribution in [3.8, 4) is 5.75 Å². The Balaban J connectivity index is 1.39. The number of halogens is 1. The van der Waals surface area contributed by atoms with E-state index < -0.39 is 0 Å². The van der Waals surface area contributed by atoms with E-state index in [1.54, 1.807) is 22.8 Å². The van der Waals surface area contributed by atoms with Crippen molar-refractivity contribution in [2.24, 2.45) is 5.10 Å². The monoisotopic (exact) mass is 374 g/mol. The molecule has 0 aliphatic carbocycles. The molecule has 0 N–H and O–H groups in total. The molecule has 2 aromatic carbocycles. The van der Waals surface area contributed by atoms with Crippen LogP contribution in [0.4, 0.5) is 0 Å². The fourth-order valence-electron chi connectivity index (χ4n) is 2.48. The first kappa shape index (κ1) is 17.8. The quantitative estimate of drug-likeness (QED) is 0.685. The van der Waals surface area contributed by atoms with Gasteiger partial charge in [0.05, 0.1) is 24.6 Å². The first-order valence-corrected chi connectivity index (χ1v) is 9.65. The molecule has 0 aromatic heterocycles. The molecule has 0 spiro atoms. The van der Waals surface area contributed by atoms with E-state index >= 15 is 0 Å². The zero-order chi connectivity index (χ0) is 17.5. The number of nitrogens with zero attached hydrogens (tertiary/aromatic N) is 2. The molecule has 0 atom stereocenters. The van der Waals surface area contributed by atoms with Crippen LogP contribution >= 0.6 is 23.4 Å². The number of benzene rings is 2. The van der Waals surface area contributed by atoms with Crippen LogP contribution in [0.1, 0.15) is 12.0 Å². The van der Waals surface area contributed by atoms with E-state index in [1.165, 1.54) is 0 Å². The van der Waals surface area contributed by atoms with Crippen molar-refractivity contribution in [1.29, 1.82) is 0 Å². The number of carbonyl (C=O) groups is 1. The Hall–Kier alpha value is -1.98. The molecule has 1 amide bonds. The van der Waals surface area contributed by atoms with Gasteiger partial charge in [0.1, 0.15) is 5.75 Å². The van der Waals surface area contributed by atoms with Crippen molar-refractivity contribution < 1.29 is 9.53 Å². The maximum absolute atomic E-state index is 12.2. The van der Waals surface area contributed by atoms with E-state index in [4.69, 9.17) is 16.3 Å². The molecule has 130 valence electrons. The predicted molar refractivity (Wildman–Crippen MR) is 104 cm³/mol. The topological polar surface area (TPSA) is 41.9 Å². The summed E-state index contributed by atoms with van der Waals surface area (Å²) in [5.41, 5.74) is 2.06. The average Bonchev–Trinajstić information content (AvgIpc) is 3.12. The predicted octanol–water partition coefficient (Wildman–Crippen LogP) is 4.09. The Morgan fingerprint density at radius 2 is 2.04 bits per heavy atom. The second-order valence-electron chi connectivity index (χ2n) is 5.54. The van der Waals surface area contributed by atoms with Crippen molar-refractivity contribution in [2.75, 3.05) is 24.7 Å². The van der Waals surface area contributed by atoms with Gasteiger partial charge in [0.15, 0.2) is 0 Å². The molecule has 2 aromatic rings. The Labute approximate surface area is 156 Å². The van der Waals surface area contributed by atoms with Gasteiger partial charge in [-0.3, -0.25) is 4.79 Å². The lowest BCUT2D eigenvalue weighted by Gasteiger charge is -2.11. The van der Waals surface area contributed by atoms with E-state index in [9.17, 15) is 4.79 Å². The van der Waals surface area contributed by atoms with Crippen LogP contribution in [0.25, 0.3) is 0 Å². The summed E-state index contributed by atoms with van der Waals surface area (Å²) in [5.74, 6) is 1.93. The van der Waals surface area contributed by atoms with Crippen LogP contribution in [0.3, 0.4) is 0 Å². The minimum atomic E-state index is 0.0405. The maximum atomic E-state index is 12.2. The van der Waals surface area contributed by atoms with Crippen molar-refractivity contribution in [1.82, 2.24) is 5.01 Å². The standard InChI is InChI=1S/C19H19ClN2O2S/c20-16-7-4-8-17(13-16)24-11-12-25-14-19(23)22-10-9-18(21-22)15-5-2-1-3-6-15/h1-8,13H,9-12,14H2. The Morgan fingerprint density at radius 1 is 1.20 bits per heavy atom. The average molecular weight is 375 g/mol. The molecule has 6 heteroatoms.